The Kier molecular flexibility index (Phi) is 16.0. The third-order valence-electron chi connectivity index (χ3n) is 6.45. The smallest absolute Gasteiger partial charge is 0.335 e. The zero-order chi connectivity index (χ0) is 30.7. The van der Waals surface area contributed by atoms with Crippen LogP contribution in [0.2, 0.25) is 0 Å². The maximum atomic E-state index is 15.0. The Bertz CT molecular complexity index is 1120. The first-order valence-corrected chi connectivity index (χ1v) is 14.4. The van der Waals surface area contributed by atoms with E-state index in [1.165, 1.54) is 38.2 Å². The molecule has 42 heavy (non-hydrogen) atoms. The van der Waals surface area contributed by atoms with Gasteiger partial charge in [-0.2, -0.15) is 0 Å². The average molecular weight is 587 g/mol. The van der Waals surface area contributed by atoms with Crippen molar-refractivity contribution in [1.82, 2.24) is 0 Å². The topological polar surface area (TPSA) is 112 Å². The van der Waals surface area contributed by atoms with E-state index in [4.69, 9.17) is 29.2 Å². The first-order valence-electron chi connectivity index (χ1n) is 14.4. The number of esters is 2. The Balaban J connectivity index is 2.08. The summed E-state index contributed by atoms with van der Waals surface area (Å²) in [6.07, 6.45) is 8.82. The van der Waals surface area contributed by atoms with Crippen LogP contribution in [-0.2, 0) is 25.5 Å². The van der Waals surface area contributed by atoms with E-state index in [0.29, 0.717) is 34.6 Å². The molecule has 230 valence electrons. The highest BCUT2D eigenvalue weighted by Gasteiger charge is 2.12. The van der Waals surface area contributed by atoms with Crippen LogP contribution in [0, 0.1) is 5.82 Å². The van der Waals surface area contributed by atoms with Gasteiger partial charge in [-0.3, -0.25) is 0 Å². The number of ether oxygens (including phenoxy) is 4. The molecular weight excluding hydrogens is 543 g/mol. The molecule has 0 saturated heterocycles. The van der Waals surface area contributed by atoms with Gasteiger partial charge < -0.3 is 29.2 Å². The summed E-state index contributed by atoms with van der Waals surface area (Å²) in [5.41, 5.74) is 1.82. The van der Waals surface area contributed by atoms with Crippen LogP contribution in [-0.4, -0.2) is 61.8 Å². The summed E-state index contributed by atoms with van der Waals surface area (Å²) < 4.78 is 36.6. The second-order valence-corrected chi connectivity index (χ2v) is 9.86. The molecule has 0 atom stereocenters. The molecule has 0 aliphatic rings. The number of halogens is 1. The molecule has 0 radical (unpaired) electrons. The minimum Gasteiger partial charge on any atom is -0.490 e. The lowest BCUT2D eigenvalue weighted by atomic mass is 9.99. The van der Waals surface area contributed by atoms with Crippen LogP contribution >= 0.6 is 0 Å². The maximum absolute atomic E-state index is 15.0. The number of aliphatic hydroxyl groups is 2. The Hall–Kier alpha value is -3.69. The van der Waals surface area contributed by atoms with Crippen molar-refractivity contribution in [2.75, 3.05) is 39.6 Å². The molecule has 2 N–H and O–H groups in total. The predicted octanol–water partition coefficient (Wildman–Crippen LogP) is 5.73. The van der Waals surface area contributed by atoms with E-state index in [2.05, 4.69) is 20.1 Å². The number of aryl methyl sites for hydroxylation is 1. The summed E-state index contributed by atoms with van der Waals surface area (Å²) in [6.45, 7) is 7.89. The number of carbonyl (C=O) groups excluding carboxylic acids is 2. The van der Waals surface area contributed by atoms with Gasteiger partial charge in [0.25, 0.3) is 0 Å². The number of rotatable bonds is 21. The molecule has 0 amide bonds. The van der Waals surface area contributed by atoms with Crippen molar-refractivity contribution in [1.29, 1.82) is 0 Å². The van der Waals surface area contributed by atoms with Gasteiger partial charge in [-0.15, -0.1) is 0 Å². The van der Waals surface area contributed by atoms with Gasteiger partial charge in [0.15, 0.2) is 0 Å². The molecule has 2 aromatic carbocycles. The molecule has 8 nitrogen and oxygen atoms in total. The SMILES string of the molecule is C=C(CO)C(=O)OCCOc1cc(OCCOC(=O)C(=C)CO)cc(-c2ccc(CCCCCCCCC)c(F)c2)c1. The highest BCUT2D eigenvalue weighted by atomic mass is 19.1. The molecule has 0 aromatic heterocycles. The third kappa shape index (κ3) is 12.4. The average Bonchev–Trinajstić information content (AvgIpc) is 3.00. The molecule has 0 saturated carbocycles. The number of hydrogen-bond donors (Lipinski definition) is 2. The normalized spacial score (nSPS) is 10.7. The molecular formula is C33H43FO8. The highest BCUT2D eigenvalue weighted by molar-refractivity contribution is 5.88. The Labute approximate surface area is 247 Å². The molecule has 2 aromatic rings. The van der Waals surface area contributed by atoms with Crippen LogP contribution < -0.4 is 9.47 Å². The van der Waals surface area contributed by atoms with Crippen LogP contribution in [0.3, 0.4) is 0 Å². The number of aliphatic hydroxyl groups excluding tert-OH is 2. The lowest BCUT2D eigenvalue weighted by molar-refractivity contribution is -0.141. The molecule has 0 bridgehead atoms. The minimum atomic E-state index is -0.718. The lowest BCUT2D eigenvalue weighted by Crippen LogP contribution is -2.15. The van der Waals surface area contributed by atoms with Gasteiger partial charge >= 0.3 is 11.9 Å². The van der Waals surface area contributed by atoms with Gasteiger partial charge in [-0.1, -0.05) is 70.7 Å². The number of hydrogen-bond acceptors (Lipinski definition) is 8. The van der Waals surface area contributed by atoms with Gasteiger partial charge in [0.1, 0.15) is 43.7 Å². The van der Waals surface area contributed by atoms with E-state index in [1.807, 2.05) is 6.07 Å². The van der Waals surface area contributed by atoms with Crippen molar-refractivity contribution >= 4 is 11.9 Å². The molecule has 9 heteroatoms. The van der Waals surface area contributed by atoms with Gasteiger partial charge in [-0.05, 0) is 47.7 Å². The van der Waals surface area contributed by atoms with E-state index in [-0.39, 0.29) is 43.4 Å². The fraction of sp³-hybridized carbons (Fsp3) is 0.455. The Morgan fingerprint density at radius 3 is 1.74 bits per heavy atom. The molecule has 0 unspecified atom stereocenters. The van der Waals surface area contributed by atoms with Gasteiger partial charge in [-0.25, -0.2) is 14.0 Å². The summed E-state index contributed by atoms with van der Waals surface area (Å²) in [7, 11) is 0. The van der Waals surface area contributed by atoms with Crippen LogP contribution in [0.15, 0.2) is 60.7 Å². The van der Waals surface area contributed by atoms with Crippen LogP contribution in [0.1, 0.15) is 57.4 Å². The van der Waals surface area contributed by atoms with Crippen LogP contribution in [0.25, 0.3) is 11.1 Å². The van der Waals surface area contributed by atoms with Crippen molar-refractivity contribution in [3.05, 3.63) is 72.1 Å². The fourth-order valence-electron chi connectivity index (χ4n) is 4.03. The van der Waals surface area contributed by atoms with Crippen molar-refractivity contribution in [2.24, 2.45) is 0 Å². The molecule has 0 spiro atoms. The lowest BCUT2D eigenvalue weighted by Gasteiger charge is -2.14. The zero-order valence-corrected chi connectivity index (χ0v) is 24.5. The van der Waals surface area contributed by atoms with E-state index in [1.54, 1.807) is 24.3 Å². The summed E-state index contributed by atoms with van der Waals surface area (Å²) in [4.78, 5) is 23.4. The second-order valence-electron chi connectivity index (χ2n) is 9.86. The number of carbonyl (C=O) groups is 2. The fourth-order valence-corrected chi connectivity index (χ4v) is 4.03. The molecule has 0 aliphatic heterocycles. The van der Waals surface area contributed by atoms with Gasteiger partial charge in [0.05, 0.1) is 24.4 Å². The van der Waals surface area contributed by atoms with Gasteiger partial charge in [0, 0.05) is 6.07 Å². The molecule has 0 heterocycles. The van der Waals surface area contributed by atoms with E-state index in [0.717, 1.165) is 12.8 Å². The first-order chi connectivity index (χ1) is 20.3. The standard InChI is InChI=1S/C33H43FO8/c1-4-5-6-7-8-9-10-11-26-12-13-27(20-31(26)34)28-18-29(39-14-16-41-32(37)24(2)22-35)21-30(19-28)40-15-17-42-33(38)25(3)23-36/h12-13,18-21,35-36H,2-11,14-17,22-23H2,1H3. The summed E-state index contributed by atoms with van der Waals surface area (Å²) in [5, 5.41) is 18.0. The largest absolute Gasteiger partial charge is 0.490 e. The van der Waals surface area contributed by atoms with Crippen molar-refractivity contribution < 1.29 is 43.1 Å². The Morgan fingerprint density at radius 1 is 0.714 bits per heavy atom. The molecule has 0 fully saturated rings. The predicted molar refractivity (Wildman–Crippen MR) is 159 cm³/mol. The van der Waals surface area contributed by atoms with E-state index in [9.17, 15) is 9.59 Å². The monoisotopic (exact) mass is 586 g/mol. The van der Waals surface area contributed by atoms with Crippen LogP contribution in [0.5, 0.6) is 11.5 Å². The maximum Gasteiger partial charge on any atom is 0.335 e. The summed E-state index contributed by atoms with van der Waals surface area (Å²) in [6, 6.07) is 10.2. The summed E-state index contributed by atoms with van der Waals surface area (Å²) >= 11 is 0. The Morgan fingerprint density at radius 2 is 1.24 bits per heavy atom. The summed E-state index contributed by atoms with van der Waals surface area (Å²) in [5.74, 6) is -0.941. The second kappa shape index (κ2) is 19.4. The van der Waals surface area contributed by atoms with Gasteiger partial charge in [0.2, 0.25) is 0 Å². The minimum absolute atomic E-state index is 0.0139. The third-order valence-corrected chi connectivity index (χ3v) is 6.45. The van der Waals surface area contributed by atoms with Crippen molar-refractivity contribution in [2.45, 2.75) is 58.3 Å². The zero-order valence-electron chi connectivity index (χ0n) is 24.5. The first kappa shape index (κ1) is 34.5. The van der Waals surface area contributed by atoms with E-state index >= 15 is 4.39 Å². The van der Waals surface area contributed by atoms with Crippen molar-refractivity contribution in [3.8, 4) is 22.6 Å². The number of benzene rings is 2. The molecule has 2 rings (SSSR count). The molecule has 0 aliphatic carbocycles. The van der Waals surface area contributed by atoms with Crippen LogP contribution in [0.4, 0.5) is 4.39 Å². The number of unbranched alkanes of at least 4 members (excludes halogenated alkanes) is 6. The highest BCUT2D eigenvalue weighted by Crippen LogP contribution is 2.31. The van der Waals surface area contributed by atoms with Crippen molar-refractivity contribution in [3.63, 3.8) is 0 Å². The quantitative estimate of drug-likeness (QED) is 0.108. The van der Waals surface area contributed by atoms with E-state index < -0.39 is 25.2 Å².